The van der Waals surface area contributed by atoms with Crippen molar-refractivity contribution in [3.63, 3.8) is 0 Å². The molecule has 1 saturated heterocycles. The number of fused-ring (bicyclic) bond motifs is 3. The fourth-order valence-corrected chi connectivity index (χ4v) is 4.89. The van der Waals surface area contributed by atoms with Crippen molar-refractivity contribution in [1.82, 2.24) is 14.9 Å². The monoisotopic (exact) mass is 366 g/mol. The molecule has 0 unspecified atom stereocenters. The van der Waals surface area contributed by atoms with Gasteiger partial charge in [0.25, 0.3) is 5.91 Å². The summed E-state index contributed by atoms with van der Waals surface area (Å²) < 4.78 is 0. The van der Waals surface area contributed by atoms with Crippen LogP contribution in [0.4, 0.5) is 5.13 Å². The van der Waals surface area contributed by atoms with Gasteiger partial charge in [-0.1, -0.05) is 0 Å². The lowest BCUT2D eigenvalue weighted by Gasteiger charge is -2.34. The van der Waals surface area contributed by atoms with Crippen molar-refractivity contribution in [2.75, 3.05) is 31.1 Å². The number of amides is 1. The Balaban J connectivity index is 1.35. The van der Waals surface area contributed by atoms with Crippen molar-refractivity contribution < 1.29 is 4.79 Å². The standard InChI is InChI=1S/C20H22N4OS/c25-19(23-8-10-24(11-9-23)20-21-7-12-26-20)14-5-6-18-16(13-14)15-3-1-2-4-17(15)22-18/h5-7,12-13,22H,1-4,8-11H2. The predicted molar refractivity (Wildman–Crippen MR) is 105 cm³/mol. The number of nitrogens with one attached hydrogen (secondary N) is 1. The van der Waals surface area contributed by atoms with Crippen LogP contribution >= 0.6 is 11.3 Å². The highest BCUT2D eigenvalue weighted by Gasteiger charge is 2.24. The van der Waals surface area contributed by atoms with Crippen LogP contribution in [0.15, 0.2) is 29.8 Å². The number of carbonyl (C=O) groups excluding carboxylic acids is 1. The summed E-state index contributed by atoms with van der Waals surface area (Å²) in [6.07, 6.45) is 6.60. The number of nitrogens with zero attached hydrogens (tertiary/aromatic N) is 3. The van der Waals surface area contributed by atoms with E-state index in [1.165, 1.54) is 35.0 Å². The molecule has 1 amide bonds. The van der Waals surface area contributed by atoms with Crippen molar-refractivity contribution in [2.24, 2.45) is 0 Å². The maximum absolute atomic E-state index is 13.0. The molecule has 1 aromatic carbocycles. The van der Waals surface area contributed by atoms with Crippen LogP contribution in [-0.2, 0) is 12.8 Å². The van der Waals surface area contributed by atoms with Gasteiger partial charge in [0.2, 0.25) is 0 Å². The van der Waals surface area contributed by atoms with Crippen molar-refractivity contribution in [3.8, 4) is 0 Å². The summed E-state index contributed by atoms with van der Waals surface area (Å²) >= 11 is 1.66. The van der Waals surface area contributed by atoms with E-state index in [0.29, 0.717) is 0 Å². The van der Waals surface area contributed by atoms with Gasteiger partial charge in [-0.25, -0.2) is 4.98 Å². The molecule has 6 heteroatoms. The zero-order valence-electron chi connectivity index (χ0n) is 14.7. The van der Waals surface area contributed by atoms with Crippen LogP contribution in [-0.4, -0.2) is 47.0 Å². The summed E-state index contributed by atoms with van der Waals surface area (Å²) in [5, 5.41) is 4.30. The molecule has 5 rings (SSSR count). The number of piperazine rings is 1. The molecule has 5 nitrogen and oxygen atoms in total. The topological polar surface area (TPSA) is 52.2 Å². The third-order valence-corrected chi connectivity index (χ3v) is 6.43. The minimum absolute atomic E-state index is 0.149. The molecule has 0 atom stereocenters. The van der Waals surface area contributed by atoms with E-state index in [1.54, 1.807) is 11.3 Å². The minimum Gasteiger partial charge on any atom is -0.358 e. The quantitative estimate of drug-likeness (QED) is 0.756. The molecule has 2 aromatic heterocycles. The molecule has 0 saturated carbocycles. The second-order valence-corrected chi connectivity index (χ2v) is 8.02. The molecule has 3 aromatic rings. The second-order valence-electron chi connectivity index (χ2n) is 7.14. The lowest BCUT2D eigenvalue weighted by Crippen LogP contribution is -2.48. The molecule has 1 fully saturated rings. The number of aromatic amines is 1. The first kappa shape index (κ1) is 15.9. The van der Waals surface area contributed by atoms with E-state index in [9.17, 15) is 4.79 Å². The predicted octanol–water partition coefficient (Wildman–Crippen LogP) is 3.47. The highest BCUT2D eigenvalue weighted by molar-refractivity contribution is 7.13. The molecule has 1 aliphatic heterocycles. The van der Waals surface area contributed by atoms with Gasteiger partial charge in [0.1, 0.15) is 0 Å². The number of aromatic nitrogens is 2. The van der Waals surface area contributed by atoms with Gasteiger partial charge in [0.15, 0.2) is 5.13 Å². The Kier molecular flexibility index (Phi) is 3.93. The lowest BCUT2D eigenvalue weighted by atomic mass is 9.95. The van der Waals surface area contributed by atoms with E-state index in [-0.39, 0.29) is 5.91 Å². The van der Waals surface area contributed by atoms with Gasteiger partial charge < -0.3 is 14.8 Å². The van der Waals surface area contributed by atoms with Crippen LogP contribution in [0, 0.1) is 0 Å². The Morgan fingerprint density at radius 3 is 2.77 bits per heavy atom. The Morgan fingerprint density at radius 2 is 1.96 bits per heavy atom. The zero-order valence-corrected chi connectivity index (χ0v) is 15.5. The fraction of sp³-hybridized carbons (Fsp3) is 0.400. The van der Waals surface area contributed by atoms with E-state index in [4.69, 9.17) is 0 Å². The number of thiazole rings is 1. The molecule has 2 aliphatic rings. The molecule has 134 valence electrons. The summed E-state index contributed by atoms with van der Waals surface area (Å²) in [6.45, 7) is 3.20. The van der Waals surface area contributed by atoms with Crippen LogP contribution in [0.1, 0.15) is 34.5 Å². The molecule has 3 heterocycles. The Bertz CT molecular complexity index is 938. The molecular weight excluding hydrogens is 344 g/mol. The SMILES string of the molecule is O=C(c1ccc2[nH]c3c(c2c1)CCCC3)N1CCN(c2nccs2)CC1. The van der Waals surface area contributed by atoms with Gasteiger partial charge in [-0.2, -0.15) is 0 Å². The minimum atomic E-state index is 0.149. The summed E-state index contributed by atoms with van der Waals surface area (Å²) in [5.41, 5.74) is 4.78. The molecule has 0 spiro atoms. The number of H-pyrrole nitrogens is 1. The normalized spacial score (nSPS) is 17.5. The van der Waals surface area contributed by atoms with Crippen molar-refractivity contribution >= 4 is 33.3 Å². The third-order valence-electron chi connectivity index (χ3n) is 5.60. The summed E-state index contributed by atoms with van der Waals surface area (Å²) in [5.74, 6) is 0.149. The van der Waals surface area contributed by atoms with Crippen LogP contribution in [0.5, 0.6) is 0 Å². The summed E-state index contributed by atoms with van der Waals surface area (Å²) in [7, 11) is 0. The maximum atomic E-state index is 13.0. The Labute approximate surface area is 156 Å². The number of carbonyl (C=O) groups is 1. The maximum Gasteiger partial charge on any atom is 0.253 e. The largest absolute Gasteiger partial charge is 0.358 e. The number of rotatable bonds is 2. The Hall–Kier alpha value is -2.34. The zero-order chi connectivity index (χ0) is 17.5. The number of benzene rings is 1. The van der Waals surface area contributed by atoms with Crippen molar-refractivity contribution in [3.05, 3.63) is 46.6 Å². The highest BCUT2D eigenvalue weighted by Crippen LogP contribution is 2.30. The number of anilines is 1. The molecule has 1 aliphatic carbocycles. The molecule has 26 heavy (non-hydrogen) atoms. The molecule has 1 N–H and O–H groups in total. The first-order valence-corrected chi connectivity index (χ1v) is 10.2. The van der Waals surface area contributed by atoms with E-state index in [0.717, 1.165) is 49.7 Å². The van der Waals surface area contributed by atoms with Gasteiger partial charge in [-0.15, -0.1) is 11.3 Å². The lowest BCUT2D eigenvalue weighted by molar-refractivity contribution is 0.0747. The van der Waals surface area contributed by atoms with Gasteiger partial charge in [-0.3, -0.25) is 4.79 Å². The first-order chi connectivity index (χ1) is 12.8. The van der Waals surface area contributed by atoms with E-state index < -0.39 is 0 Å². The van der Waals surface area contributed by atoms with Crippen LogP contribution in [0.2, 0.25) is 0 Å². The molecule has 0 bridgehead atoms. The first-order valence-electron chi connectivity index (χ1n) is 9.37. The Morgan fingerprint density at radius 1 is 1.12 bits per heavy atom. The highest BCUT2D eigenvalue weighted by atomic mass is 32.1. The van der Waals surface area contributed by atoms with Crippen LogP contribution in [0.3, 0.4) is 0 Å². The van der Waals surface area contributed by atoms with Gasteiger partial charge in [0.05, 0.1) is 0 Å². The van der Waals surface area contributed by atoms with Gasteiger partial charge in [-0.05, 0) is 49.4 Å². The average molecular weight is 366 g/mol. The van der Waals surface area contributed by atoms with Gasteiger partial charge >= 0.3 is 0 Å². The molecular formula is C20H22N4OS. The average Bonchev–Trinajstić information content (AvgIpc) is 3.35. The van der Waals surface area contributed by atoms with E-state index in [1.807, 2.05) is 22.5 Å². The summed E-state index contributed by atoms with van der Waals surface area (Å²) in [4.78, 5) is 25.2. The van der Waals surface area contributed by atoms with Crippen LogP contribution < -0.4 is 4.90 Å². The van der Waals surface area contributed by atoms with Crippen molar-refractivity contribution in [2.45, 2.75) is 25.7 Å². The number of hydrogen-bond acceptors (Lipinski definition) is 4. The van der Waals surface area contributed by atoms with Gasteiger partial charge in [0, 0.05) is 59.9 Å². The molecule has 0 radical (unpaired) electrons. The van der Waals surface area contributed by atoms with E-state index >= 15 is 0 Å². The fourth-order valence-electron chi connectivity index (χ4n) is 4.19. The van der Waals surface area contributed by atoms with Crippen molar-refractivity contribution in [1.29, 1.82) is 0 Å². The third kappa shape index (κ3) is 2.69. The smallest absolute Gasteiger partial charge is 0.253 e. The van der Waals surface area contributed by atoms with Crippen LogP contribution in [0.25, 0.3) is 10.9 Å². The van der Waals surface area contributed by atoms with E-state index in [2.05, 4.69) is 27.0 Å². The number of aryl methyl sites for hydroxylation is 2. The number of hydrogen-bond donors (Lipinski definition) is 1. The summed E-state index contributed by atoms with van der Waals surface area (Å²) in [6, 6.07) is 6.15. The second kappa shape index (κ2) is 6.43.